The van der Waals surface area contributed by atoms with E-state index >= 15 is 0 Å². The Morgan fingerprint density at radius 3 is 2.33 bits per heavy atom. The van der Waals surface area contributed by atoms with E-state index in [9.17, 15) is 9.59 Å². The molecular weight excluding hydrogens is 444 g/mol. The average molecular weight is 471 g/mol. The summed E-state index contributed by atoms with van der Waals surface area (Å²) in [6.07, 6.45) is -0.0437. The number of amides is 2. The van der Waals surface area contributed by atoms with Crippen molar-refractivity contribution < 1.29 is 19.1 Å². The number of nitrogens with one attached hydrogen (secondary N) is 2. The minimum Gasteiger partial charge on any atom is -0.493 e. The molecule has 2 aromatic carbocycles. The zero-order valence-electron chi connectivity index (χ0n) is 19.2. The van der Waals surface area contributed by atoms with E-state index < -0.39 is 11.8 Å². The molecule has 9 heteroatoms. The summed E-state index contributed by atoms with van der Waals surface area (Å²) in [6.45, 7) is 7.91. The Bertz CT molecular complexity index is 1160. The fourth-order valence-electron chi connectivity index (χ4n) is 3.19. The van der Waals surface area contributed by atoms with Gasteiger partial charge in [0.25, 0.3) is 11.8 Å². The molecule has 0 fully saturated rings. The van der Waals surface area contributed by atoms with E-state index in [1.54, 1.807) is 23.7 Å². The van der Waals surface area contributed by atoms with Crippen LogP contribution in [0.15, 0.2) is 42.5 Å². The lowest BCUT2D eigenvalue weighted by molar-refractivity contribution is 0.0846. The molecule has 3 rings (SSSR count). The fourth-order valence-corrected chi connectivity index (χ4v) is 3.51. The largest absolute Gasteiger partial charge is 0.493 e. The highest BCUT2D eigenvalue weighted by molar-refractivity contribution is 6.33. The lowest BCUT2D eigenvalue weighted by Gasteiger charge is -2.14. The monoisotopic (exact) mass is 470 g/mol. The minimum atomic E-state index is -0.562. The summed E-state index contributed by atoms with van der Waals surface area (Å²) < 4.78 is 12.5. The van der Waals surface area contributed by atoms with Crippen molar-refractivity contribution in [3.63, 3.8) is 0 Å². The van der Waals surface area contributed by atoms with Crippen LogP contribution in [0.3, 0.4) is 0 Å². The second-order valence-corrected chi connectivity index (χ2v) is 8.19. The zero-order chi connectivity index (χ0) is 24.1. The van der Waals surface area contributed by atoms with Gasteiger partial charge < -0.3 is 9.47 Å². The zero-order valence-corrected chi connectivity index (χ0v) is 20.0. The number of hydrogen-bond acceptors (Lipinski definition) is 5. The molecule has 0 aliphatic heterocycles. The molecule has 33 heavy (non-hydrogen) atoms. The molecule has 1 heterocycles. The van der Waals surface area contributed by atoms with Crippen LogP contribution in [0.2, 0.25) is 5.15 Å². The second kappa shape index (κ2) is 10.4. The molecule has 174 valence electrons. The summed E-state index contributed by atoms with van der Waals surface area (Å²) in [5.74, 6) is -0.137. The highest BCUT2D eigenvalue weighted by atomic mass is 35.5. The van der Waals surface area contributed by atoms with Gasteiger partial charge in [0.15, 0.2) is 11.5 Å². The molecule has 0 bridgehead atoms. The van der Waals surface area contributed by atoms with Crippen LogP contribution in [-0.4, -0.2) is 34.8 Å². The molecule has 3 aromatic rings. The quantitative estimate of drug-likeness (QED) is 0.507. The number of hydrogen-bond donors (Lipinski definition) is 2. The van der Waals surface area contributed by atoms with Gasteiger partial charge >= 0.3 is 0 Å². The summed E-state index contributed by atoms with van der Waals surface area (Å²) in [6, 6.07) is 12.7. The molecule has 0 radical (unpaired) electrons. The Morgan fingerprint density at radius 2 is 1.70 bits per heavy atom. The van der Waals surface area contributed by atoms with Gasteiger partial charge in [0.2, 0.25) is 0 Å². The number of aromatic nitrogens is 2. The number of rotatable bonds is 7. The molecule has 0 atom stereocenters. The van der Waals surface area contributed by atoms with E-state index in [-0.39, 0.29) is 16.8 Å². The van der Waals surface area contributed by atoms with E-state index in [1.165, 1.54) is 13.2 Å². The number of benzene rings is 2. The molecule has 0 saturated carbocycles. The third-order valence-electron chi connectivity index (χ3n) is 4.82. The average Bonchev–Trinajstić information content (AvgIpc) is 3.06. The SMILES string of the molecule is COc1cc(C(=O)NNC(=O)c2c(C)nn(Cc3ccc(C)cc3)c2Cl)ccc1OC(C)C. The maximum Gasteiger partial charge on any atom is 0.274 e. The van der Waals surface area contributed by atoms with Gasteiger partial charge in [-0.05, 0) is 51.5 Å². The van der Waals surface area contributed by atoms with Crippen LogP contribution in [0, 0.1) is 13.8 Å². The standard InChI is InChI=1S/C24H27ClN4O4/c1-14(2)33-19-11-10-18(12-20(19)32-5)23(30)26-27-24(31)21-16(4)28-29(22(21)25)13-17-8-6-15(3)7-9-17/h6-12,14H,13H2,1-5H3,(H,26,30)(H,27,31). The third-order valence-corrected chi connectivity index (χ3v) is 5.21. The number of carbonyl (C=O) groups is 2. The van der Waals surface area contributed by atoms with Gasteiger partial charge in [0.1, 0.15) is 10.7 Å². The van der Waals surface area contributed by atoms with E-state index in [0.29, 0.717) is 29.3 Å². The van der Waals surface area contributed by atoms with Crippen molar-refractivity contribution in [2.75, 3.05) is 7.11 Å². The van der Waals surface area contributed by atoms with Crippen LogP contribution in [0.25, 0.3) is 0 Å². The number of halogens is 1. The first-order valence-electron chi connectivity index (χ1n) is 10.4. The van der Waals surface area contributed by atoms with E-state index in [2.05, 4.69) is 16.0 Å². The highest BCUT2D eigenvalue weighted by Crippen LogP contribution is 2.29. The third kappa shape index (κ3) is 5.84. The number of methoxy groups -OCH3 is 1. The van der Waals surface area contributed by atoms with Gasteiger partial charge in [-0.15, -0.1) is 0 Å². The van der Waals surface area contributed by atoms with E-state index in [1.807, 2.05) is 45.0 Å². The van der Waals surface area contributed by atoms with Crippen molar-refractivity contribution in [2.24, 2.45) is 0 Å². The van der Waals surface area contributed by atoms with E-state index in [0.717, 1.165) is 11.1 Å². The molecule has 2 N–H and O–H groups in total. The Balaban J connectivity index is 1.68. The van der Waals surface area contributed by atoms with Crippen LogP contribution in [0.1, 0.15) is 51.4 Å². The van der Waals surface area contributed by atoms with Gasteiger partial charge in [-0.25, -0.2) is 4.68 Å². The lowest BCUT2D eigenvalue weighted by Crippen LogP contribution is -2.41. The summed E-state index contributed by atoms with van der Waals surface area (Å²) in [7, 11) is 1.49. The smallest absolute Gasteiger partial charge is 0.274 e. The maximum atomic E-state index is 12.7. The van der Waals surface area contributed by atoms with Crippen LogP contribution in [-0.2, 0) is 6.54 Å². The second-order valence-electron chi connectivity index (χ2n) is 7.83. The summed E-state index contributed by atoms with van der Waals surface area (Å²) in [5, 5.41) is 4.56. The van der Waals surface area contributed by atoms with Crippen molar-refractivity contribution in [1.82, 2.24) is 20.6 Å². The molecule has 0 saturated heterocycles. The van der Waals surface area contributed by atoms with Crippen LogP contribution in [0.5, 0.6) is 11.5 Å². The Hall–Kier alpha value is -3.52. The minimum absolute atomic E-state index is 0.0437. The van der Waals surface area contributed by atoms with Crippen molar-refractivity contribution in [1.29, 1.82) is 0 Å². The first kappa shape index (κ1) is 24.1. The number of ether oxygens (including phenoxy) is 2. The predicted octanol–water partition coefficient (Wildman–Crippen LogP) is 4.07. The van der Waals surface area contributed by atoms with Gasteiger partial charge in [0, 0.05) is 5.56 Å². The Morgan fingerprint density at radius 1 is 1.03 bits per heavy atom. The normalized spacial score (nSPS) is 10.8. The van der Waals surface area contributed by atoms with Crippen molar-refractivity contribution in [3.8, 4) is 11.5 Å². The topological polar surface area (TPSA) is 94.5 Å². The van der Waals surface area contributed by atoms with Gasteiger partial charge in [-0.3, -0.25) is 20.4 Å². The van der Waals surface area contributed by atoms with Gasteiger partial charge in [-0.1, -0.05) is 41.4 Å². The number of nitrogens with zero attached hydrogens (tertiary/aromatic N) is 2. The predicted molar refractivity (Wildman–Crippen MR) is 126 cm³/mol. The van der Waals surface area contributed by atoms with Crippen LogP contribution < -0.4 is 20.3 Å². The molecule has 2 amide bonds. The summed E-state index contributed by atoms with van der Waals surface area (Å²) in [4.78, 5) is 25.3. The van der Waals surface area contributed by atoms with Crippen LogP contribution >= 0.6 is 11.6 Å². The van der Waals surface area contributed by atoms with Crippen LogP contribution in [0.4, 0.5) is 0 Å². The molecule has 0 aliphatic rings. The summed E-state index contributed by atoms with van der Waals surface area (Å²) >= 11 is 6.43. The summed E-state index contributed by atoms with van der Waals surface area (Å²) in [5.41, 5.74) is 7.89. The molecule has 0 aliphatic carbocycles. The molecule has 1 aromatic heterocycles. The fraction of sp³-hybridized carbons (Fsp3) is 0.292. The highest BCUT2D eigenvalue weighted by Gasteiger charge is 2.21. The van der Waals surface area contributed by atoms with Crippen molar-refractivity contribution >= 4 is 23.4 Å². The van der Waals surface area contributed by atoms with Gasteiger partial charge in [-0.2, -0.15) is 5.10 Å². The van der Waals surface area contributed by atoms with Gasteiger partial charge in [0.05, 0.1) is 25.5 Å². The van der Waals surface area contributed by atoms with Crippen molar-refractivity contribution in [3.05, 3.63) is 75.6 Å². The van der Waals surface area contributed by atoms with E-state index in [4.69, 9.17) is 21.1 Å². The molecule has 8 nitrogen and oxygen atoms in total. The molecular formula is C24H27ClN4O4. The number of carbonyl (C=O) groups excluding carboxylic acids is 2. The number of aryl methyl sites for hydroxylation is 2. The van der Waals surface area contributed by atoms with Crippen molar-refractivity contribution in [2.45, 2.75) is 40.3 Å². The first-order valence-corrected chi connectivity index (χ1v) is 10.8. The maximum absolute atomic E-state index is 12.7. The molecule has 0 spiro atoms. The lowest BCUT2D eigenvalue weighted by atomic mass is 10.1. The Labute approximate surface area is 197 Å². The number of hydrazine groups is 1. The first-order chi connectivity index (χ1) is 15.7. The Kier molecular flexibility index (Phi) is 7.60. The molecule has 0 unspecified atom stereocenters.